The van der Waals surface area contributed by atoms with Crippen LogP contribution < -0.4 is 21.7 Å². The first-order valence-electron chi connectivity index (χ1n) is 10.7. The van der Waals surface area contributed by atoms with Gasteiger partial charge in [-0.2, -0.15) is 13.2 Å². The van der Waals surface area contributed by atoms with E-state index < -0.39 is 23.1 Å². The van der Waals surface area contributed by atoms with Gasteiger partial charge in [-0.25, -0.2) is 19.3 Å². The zero-order valence-corrected chi connectivity index (χ0v) is 17.9. The topological polar surface area (TPSA) is 128 Å². The van der Waals surface area contributed by atoms with Crippen molar-refractivity contribution in [2.75, 3.05) is 23.7 Å². The lowest BCUT2D eigenvalue weighted by Crippen LogP contribution is -2.56. The number of imidazole rings is 1. The predicted molar refractivity (Wildman–Crippen MR) is 115 cm³/mol. The number of anilines is 2. The normalized spacial score (nSPS) is 20.8. The molecule has 3 aromatic rings. The largest absolute Gasteiger partial charge is 0.419 e. The number of aromatic nitrogens is 4. The molecule has 0 radical (unpaired) electrons. The van der Waals surface area contributed by atoms with Crippen molar-refractivity contribution in [3.8, 4) is 0 Å². The number of hydrogen-bond acceptors (Lipinski definition) is 7. The van der Waals surface area contributed by atoms with E-state index in [1.165, 1.54) is 23.3 Å². The highest BCUT2D eigenvalue weighted by Crippen LogP contribution is 2.40. The van der Waals surface area contributed by atoms with Crippen molar-refractivity contribution in [2.24, 2.45) is 5.73 Å². The molecule has 0 spiro atoms. The van der Waals surface area contributed by atoms with Gasteiger partial charge in [0.25, 0.3) is 0 Å². The van der Waals surface area contributed by atoms with Gasteiger partial charge in [0, 0.05) is 30.4 Å². The standard InChI is InChI=1S/C21H22F4N8O/c22-13-3-4-14(32-6-5-20(27,8-32)19(34)31-11-1-2-11)12(15(13)21(23,24)25)7-33-10-30-16-17(26)28-9-29-18(16)33/h3-4,9-11H,1-2,5-8,27H2,(H,31,34)(H2,26,28,29)/t20-/m1/s1. The second-order valence-electron chi connectivity index (χ2n) is 8.80. The first-order chi connectivity index (χ1) is 16.1. The number of carbonyl (C=O) groups is 1. The zero-order valence-electron chi connectivity index (χ0n) is 17.9. The van der Waals surface area contributed by atoms with E-state index in [1.54, 1.807) is 4.90 Å². The van der Waals surface area contributed by atoms with Crippen molar-refractivity contribution in [1.82, 2.24) is 24.8 Å². The van der Waals surface area contributed by atoms with Crippen LogP contribution in [0.4, 0.5) is 29.1 Å². The SMILES string of the molecule is Nc1ncnc2c1ncn2Cc1c(N2CC[C@](N)(C(=O)NC3CC3)C2)ccc(F)c1C(F)(F)F. The number of amides is 1. The Morgan fingerprint density at radius 1 is 1.24 bits per heavy atom. The van der Waals surface area contributed by atoms with E-state index in [0.29, 0.717) is 0 Å². The van der Waals surface area contributed by atoms with E-state index >= 15 is 0 Å². The smallest absolute Gasteiger partial charge is 0.382 e. The van der Waals surface area contributed by atoms with Gasteiger partial charge in [-0.1, -0.05) is 0 Å². The van der Waals surface area contributed by atoms with E-state index in [2.05, 4.69) is 20.3 Å². The van der Waals surface area contributed by atoms with Crippen LogP contribution in [0, 0.1) is 5.82 Å². The Labute approximate surface area is 191 Å². The van der Waals surface area contributed by atoms with Gasteiger partial charge in [-0.15, -0.1) is 0 Å². The first kappa shape index (κ1) is 22.3. The van der Waals surface area contributed by atoms with Gasteiger partial charge in [-0.05, 0) is 31.4 Å². The van der Waals surface area contributed by atoms with Crippen LogP contribution in [0.25, 0.3) is 11.2 Å². The van der Waals surface area contributed by atoms with E-state index in [1.807, 2.05) is 0 Å². The molecule has 1 amide bonds. The van der Waals surface area contributed by atoms with Crippen LogP contribution in [-0.4, -0.2) is 50.1 Å². The number of hydrogen-bond donors (Lipinski definition) is 3. The van der Waals surface area contributed by atoms with Crippen molar-refractivity contribution in [1.29, 1.82) is 0 Å². The highest BCUT2D eigenvalue weighted by molar-refractivity contribution is 5.88. The summed E-state index contributed by atoms with van der Waals surface area (Å²) in [4.78, 5) is 26.2. The van der Waals surface area contributed by atoms with Crippen LogP contribution in [0.2, 0.25) is 0 Å². The van der Waals surface area contributed by atoms with Crippen LogP contribution >= 0.6 is 0 Å². The maximum atomic E-state index is 14.6. The molecule has 9 nitrogen and oxygen atoms in total. The quantitative estimate of drug-likeness (QED) is 0.477. The summed E-state index contributed by atoms with van der Waals surface area (Å²) in [6.45, 7) is -0.136. The number of nitrogens with zero attached hydrogens (tertiary/aromatic N) is 5. The number of fused-ring (bicyclic) bond motifs is 1. The molecule has 1 atom stereocenters. The van der Waals surface area contributed by atoms with Gasteiger partial charge < -0.3 is 26.3 Å². The minimum absolute atomic E-state index is 0.00127. The lowest BCUT2D eigenvalue weighted by Gasteiger charge is -2.28. The molecular weight excluding hydrogens is 456 g/mol. The third kappa shape index (κ3) is 3.89. The average molecular weight is 478 g/mol. The third-order valence-electron chi connectivity index (χ3n) is 6.29. The van der Waals surface area contributed by atoms with Crippen molar-refractivity contribution in [3.63, 3.8) is 0 Å². The van der Waals surface area contributed by atoms with Crippen LogP contribution in [0.5, 0.6) is 0 Å². The third-order valence-corrected chi connectivity index (χ3v) is 6.29. The fourth-order valence-electron chi connectivity index (χ4n) is 4.34. The molecule has 3 heterocycles. The van der Waals surface area contributed by atoms with Crippen LogP contribution in [-0.2, 0) is 17.5 Å². The molecule has 1 saturated carbocycles. The molecule has 180 valence electrons. The van der Waals surface area contributed by atoms with Crippen LogP contribution in [0.3, 0.4) is 0 Å². The Hall–Kier alpha value is -3.48. The predicted octanol–water partition coefficient (Wildman–Crippen LogP) is 1.80. The maximum Gasteiger partial charge on any atom is 0.419 e. The number of rotatable bonds is 5. The lowest BCUT2D eigenvalue weighted by molar-refractivity contribution is -0.140. The molecular formula is C21H22F4N8O. The molecule has 13 heteroatoms. The number of alkyl halides is 3. The Morgan fingerprint density at radius 2 is 2.00 bits per heavy atom. The minimum Gasteiger partial charge on any atom is -0.382 e. The summed E-state index contributed by atoms with van der Waals surface area (Å²) >= 11 is 0. The molecule has 5 rings (SSSR count). The summed E-state index contributed by atoms with van der Waals surface area (Å²) in [5, 5.41) is 2.86. The second kappa shape index (κ2) is 7.79. The Balaban J connectivity index is 1.55. The highest BCUT2D eigenvalue weighted by atomic mass is 19.4. The number of carbonyl (C=O) groups excluding carboxylic acids is 1. The summed E-state index contributed by atoms with van der Waals surface area (Å²) in [5.74, 6) is -1.65. The number of halogens is 4. The van der Waals surface area contributed by atoms with Gasteiger partial charge in [0.05, 0.1) is 18.4 Å². The monoisotopic (exact) mass is 478 g/mol. The van der Waals surface area contributed by atoms with E-state index in [-0.39, 0.29) is 66.2 Å². The first-order valence-corrected chi connectivity index (χ1v) is 10.7. The lowest BCUT2D eigenvalue weighted by atomic mass is 9.98. The fourth-order valence-corrected chi connectivity index (χ4v) is 4.34. The van der Waals surface area contributed by atoms with Gasteiger partial charge >= 0.3 is 6.18 Å². The van der Waals surface area contributed by atoms with Gasteiger partial charge in [0.1, 0.15) is 23.2 Å². The fraction of sp³-hybridized carbons (Fsp3) is 0.429. The summed E-state index contributed by atoms with van der Waals surface area (Å²) in [6, 6.07) is 2.17. The molecule has 0 bridgehead atoms. The number of benzene rings is 1. The molecule has 2 fully saturated rings. The zero-order chi connectivity index (χ0) is 24.3. The average Bonchev–Trinajstić information content (AvgIpc) is 3.34. The summed E-state index contributed by atoms with van der Waals surface area (Å²) in [5.41, 5.74) is 9.77. The van der Waals surface area contributed by atoms with E-state index in [9.17, 15) is 22.4 Å². The minimum atomic E-state index is -4.96. The molecule has 2 aromatic heterocycles. The van der Waals surface area contributed by atoms with Crippen molar-refractivity contribution < 1.29 is 22.4 Å². The van der Waals surface area contributed by atoms with Gasteiger partial charge in [0.2, 0.25) is 5.91 Å². The summed E-state index contributed by atoms with van der Waals surface area (Å²) in [6.07, 6.45) is -0.477. The van der Waals surface area contributed by atoms with Gasteiger partial charge in [-0.3, -0.25) is 4.79 Å². The molecule has 1 aromatic carbocycles. The van der Waals surface area contributed by atoms with E-state index in [4.69, 9.17) is 11.5 Å². The van der Waals surface area contributed by atoms with Crippen LogP contribution in [0.1, 0.15) is 30.4 Å². The molecule has 34 heavy (non-hydrogen) atoms. The molecule has 2 aliphatic rings. The molecule has 1 saturated heterocycles. The van der Waals surface area contributed by atoms with Gasteiger partial charge in [0.15, 0.2) is 11.5 Å². The highest BCUT2D eigenvalue weighted by Gasteiger charge is 2.45. The summed E-state index contributed by atoms with van der Waals surface area (Å²) < 4.78 is 57.9. The summed E-state index contributed by atoms with van der Waals surface area (Å²) in [7, 11) is 0. The maximum absolute atomic E-state index is 14.6. The molecule has 1 aliphatic heterocycles. The van der Waals surface area contributed by atoms with Crippen molar-refractivity contribution in [2.45, 2.75) is 43.6 Å². The number of nitrogens with one attached hydrogen (secondary N) is 1. The van der Waals surface area contributed by atoms with Crippen LogP contribution in [0.15, 0.2) is 24.8 Å². The van der Waals surface area contributed by atoms with Crippen molar-refractivity contribution >= 4 is 28.6 Å². The van der Waals surface area contributed by atoms with E-state index in [0.717, 1.165) is 18.9 Å². The number of nitrogens with two attached hydrogens (primary N) is 2. The Bertz CT molecular complexity index is 1270. The Morgan fingerprint density at radius 3 is 2.71 bits per heavy atom. The molecule has 0 unspecified atom stereocenters. The Kier molecular flexibility index (Phi) is 5.11. The molecule has 1 aliphatic carbocycles. The molecule has 5 N–H and O–H groups in total. The number of nitrogen functional groups attached to an aromatic ring is 1. The second-order valence-corrected chi connectivity index (χ2v) is 8.80. The van der Waals surface area contributed by atoms with Crippen molar-refractivity contribution in [3.05, 3.63) is 41.7 Å².